The molecule has 2 rings (SSSR count). The van der Waals surface area contributed by atoms with Gasteiger partial charge in [0.1, 0.15) is 0 Å². The summed E-state index contributed by atoms with van der Waals surface area (Å²) in [6.07, 6.45) is 5.50. The highest BCUT2D eigenvalue weighted by Crippen LogP contribution is 2.11. The monoisotopic (exact) mass is 314 g/mol. The van der Waals surface area contributed by atoms with E-state index in [-0.39, 0.29) is 6.04 Å². The van der Waals surface area contributed by atoms with Gasteiger partial charge in [0.2, 0.25) is 0 Å². The first-order valence-corrected chi connectivity index (χ1v) is 5.67. The summed E-state index contributed by atoms with van der Waals surface area (Å²) in [7, 11) is 0. The van der Waals surface area contributed by atoms with Crippen LogP contribution in [0.5, 0.6) is 0 Å². The Balaban J connectivity index is 2.31. The Kier molecular flexibility index (Phi) is 3.01. The Morgan fingerprint density at radius 1 is 1.40 bits per heavy atom. The van der Waals surface area contributed by atoms with Crippen molar-refractivity contribution in [1.82, 2.24) is 14.8 Å². The average Bonchev–Trinajstić information content (AvgIpc) is 2.65. The van der Waals surface area contributed by atoms with E-state index in [2.05, 4.69) is 32.7 Å². The Hall–Kier alpha value is -0.950. The molecule has 2 aromatic rings. The van der Waals surface area contributed by atoms with E-state index in [1.54, 1.807) is 17.1 Å². The quantitative estimate of drug-likeness (QED) is 0.861. The van der Waals surface area contributed by atoms with Crippen LogP contribution in [0.4, 0.5) is 0 Å². The Labute approximate surface area is 102 Å². The molecule has 4 nitrogen and oxygen atoms in total. The summed E-state index contributed by atoms with van der Waals surface area (Å²) in [6, 6.07) is 3.91. The Morgan fingerprint density at radius 2 is 2.20 bits per heavy atom. The van der Waals surface area contributed by atoms with Crippen molar-refractivity contribution in [2.24, 2.45) is 5.73 Å². The highest BCUT2D eigenvalue weighted by atomic mass is 127. The Morgan fingerprint density at radius 3 is 2.67 bits per heavy atom. The fourth-order valence-corrected chi connectivity index (χ4v) is 1.62. The van der Waals surface area contributed by atoms with Gasteiger partial charge in [-0.2, -0.15) is 5.10 Å². The van der Waals surface area contributed by atoms with E-state index in [1.165, 1.54) is 0 Å². The van der Waals surface area contributed by atoms with Crippen LogP contribution in [-0.4, -0.2) is 14.8 Å². The molecular weight excluding hydrogens is 303 g/mol. The second kappa shape index (κ2) is 4.28. The highest BCUT2D eigenvalue weighted by Gasteiger charge is 2.02. The maximum Gasteiger partial charge on any atom is 0.153 e. The summed E-state index contributed by atoms with van der Waals surface area (Å²) in [6.45, 7) is 1.94. The minimum absolute atomic E-state index is 0.0179. The molecule has 1 atom stereocenters. The summed E-state index contributed by atoms with van der Waals surface area (Å²) >= 11 is 2.21. The molecule has 15 heavy (non-hydrogen) atoms. The number of hydrogen-bond donors (Lipinski definition) is 1. The summed E-state index contributed by atoms with van der Waals surface area (Å²) in [5, 5.41) is 4.18. The van der Waals surface area contributed by atoms with Gasteiger partial charge in [-0.05, 0) is 41.1 Å². The molecule has 78 valence electrons. The van der Waals surface area contributed by atoms with Crippen molar-refractivity contribution >= 4 is 22.6 Å². The number of hydrogen-bond acceptors (Lipinski definition) is 3. The fraction of sp³-hybridized carbons (Fsp3) is 0.200. The molecule has 0 aliphatic rings. The lowest BCUT2D eigenvalue weighted by atomic mass is 10.2. The van der Waals surface area contributed by atoms with Crippen LogP contribution in [0.2, 0.25) is 0 Å². The van der Waals surface area contributed by atoms with Crippen LogP contribution in [0.3, 0.4) is 0 Å². The van der Waals surface area contributed by atoms with E-state index >= 15 is 0 Å². The standard InChI is InChI=1S/C10H11IN4/c1-7(12)8-2-3-10(13-4-8)15-6-9(11)5-14-15/h2-7H,12H2,1H3. The summed E-state index contributed by atoms with van der Waals surface area (Å²) in [5.41, 5.74) is 6.77. The molecule has 2 N–H and O–H groups in total. The predicted octanol–water partition coefficient (Wildman–Crippen LogP) is 1.89. The van der Waals surface area contributed by atoms with Gasteiger partial charge >= 0.3 is 0 Å². The zero-order valence-electron chi connectivity index (χ0n) is 8.26. The number of nitrogens with zero attached hydrogens (tertiary/aromatic N) is 3. The van der Waals surface area contributed by atoms with Crippen LogP contribution >= 0.6 is 22.6 Å². The highest BCUT2D eigenvalue weighted by molar-refractivity contribution is 14.1. The molecule has 1 unspecified atom stereocenters. The van der Waals surface area contributed by atoms with E-state index in [0.717, 1.165) is 15.0 Å². The molecule has 0 amide bonds. The lowest BCUT2D eigenvalue weighted by Gasteiger charge is -2.05. The van der Waals surface area contributed by atoms with Gasteiger partial charge in [-0.25, -0.2) is 9.67 Å². The maximum atomic E-state index is 5.74. The summed E-state index contributed by atoms with van der Waals surface area (Å²) in [4.78, 5) is 4.30. The van der Waals surface area contributed by atoms with Crippen LogP contribution < -0.4 is 5.73 Å². The summed E-state index contributed by atoms with van der Waals surface area (Å²) < 4.78 is 2.83. The van der Waals surface area contributed by atoms with Crippen molar-refractivity contribution in [3.63, 3.8) is 0 Å². The third-order valence-electron chi connectivity index (χ3n) is 2.08. The third-order valence-corrected chi connectivity index (χ3v) is 2.64. The number of nitrogens with two attached hydrogens (primary N) is 1. The van der Waals surface area contributed by atoms with Gasteiger partial charge in [0.25, 0.3) is 0 Å². The van der Waals surface area contributed by atoms with Crippen molar-refractivity contribution < 1.29 is 0 Å². The molecule has 0 spiro atoms. The van der Waals surface area contributed by atoms with Crippen molar-refractivity contribution in [2.45, 2.75) is 13.0 Å². The molecule has 0 aliphatic carbocycles. The van der Waals surface area contributed by atoms with Crippen molar-refractivity contribution in [1.29, 1.82) is 0 Å². The van der Waals surface area contributed by atoms with Crippen LogP contribution in [0.15, 0.2) is 30.7 Å². The van der Waals surface area contributed by atoms with Gasteiger partial charge in [0.05, 0.1) is 9.77 Å². The van der Waals surface area contributed by atoms with Crippen LogP contribution in [0.1, 0.15) is 18.5 Å². The first-order valence-electron chi connectivity index (χ1n) is 4.59. The van der Waals surface area contributed by atoms with Crippen molar-refractivity contribution in [2.75, 3.05) is 0 Å². The van der Waals surface area contributed by atoms with E-state index in [1.807, 2.05) is 25.3 Å². The van der Waals surface area contributed by atoms with Crippen molar-refractivity contribution in [3.8, 4) is 5.82 Å². The SMILES string of the molecule is CC(N)c1ccc(-n2cc(I)cn2)nc1. The fourth-order valence-electron chi connectivity index (χ4n) is 1.23. The van der Waals surface area contributed by atoms with E-state index in [4.69, 9.17) is 5.73 Å². The van der Waals surface area contributed by atoms with Gasteiger partial charge < -0.3 is 5.73 Å². The van der Waals surface area contributed by atoms with Crippen LogP contribution in [-0.2, 0) is 0 Å². The van der Waals surface area contributed by atoms with Crippen molar-refractivity contribution in [3.05, 3.63) is 39.9 Å². The zero-order chi connectivity index (χ0) is 10.8. The molecule has 2 heterocycles. The molecule has 0 saturated carbocycles. The van der Waals surface area contributed by atoms with Crippen LogP contribution in [0, 0.1) is 3.57 Å². The van der Waals surface area contributed by atoms with E-state index < -0.39 is 0 Å². The van der Waals surface area contributed by atoms with Crippen LogP contribution in [0.25, 0.3) is 5.82 Å². The molecule has 0 radical (unpaired) electrons. The van der Waals surface area contributed by atoms with E-state index in [0.29, 0.717) is 0 Å². The molecule has 0 fully saturated rings. The predicted molar refractivity (Wildman–Crippen MR) is 66.7 cm³/mol. The number of aromatic nitrogens is 3. The minimum Gasteiger partial charge on any atom is -0.324 e. The number of pyridine rings is 1. The average molecular weight is 314 g/mol. The Bertz CT molecular complexity index is 447. The van der Waals surface area contributed by atoms with Gasteiger partial charge in [0, 0.05) is 18.4 Å². The van der Waals surface area contributed by atoms with E-state index in [9.17, 15) is 0 Å². The second-order valence-corrected chi connectivity index (χ2v) is 4.59. The largest absolute Gasteiger partial charge is 0.324 e. The molecule has 0 aromatic carbocycles. The minimum atomic E-state index is 0.0179. The summed E-state index contributed by atoms with van der Waals surface area (Å²) in [5.74, 6) is 0.808. The van der Waals surface area contributed by atoms with Gasteiger partial charge in [-0.15, -0.1) is 0 Å². The zero-order valence-corrected chi connectivity index (χ0v) is 10.4. The van der Waals surface area contributed by atoms with Gasteiger partial charge in [-0.3, -0.25) is 0 Å². The van der Waals surface area contributed by atoms with Gasteiger partial charge in [-0.1, -0.05) is 6.07 Å². The lowest BCUT2D eigenvalue weighted by Crippen LogP contribution is -2.06. The molecule has 2 aromatic heterocycles. The smallest absolute Gasteiger partial charge is 0.153 e. The molecule has 0 bridgehead atoms. The third kappa shape index (κ3) is 2.35. The number of rotatable bonds is 2. The normalized spacial score (nSPS) is 12.7. The van der Waals surface area contributed by atoms with Gasteiger partial charge in [0.15, 0.2) is 5.82 Å². The first kappa shape index (κ1) is 10.6. The topological polar surface area (TPSA) is 56.7 Å². The maximum absolute atomic E-state index is 5.74. The molecule has 0 aliphatic heterocycles. The second-order valence-electron chi connectivity index (χ2n) is 3.34. The number of halogens is 1. The molecule has 0 saturated heterocycles. The first-order chi connectivity index (χ1) is 7.16. The molecule has 5 heteroatoms. The lowest BCUT2D eigenvalue weighted by molar-refractivity contribution is 0.797. The molecular formula is C10H11IN4.